The minimum atomic E-state index is -1.09. The second-order valence-corrected chi connectivity index (χ2v) is 9.74. The maximum absolute atomic E-state index is 12.7. The number of hydrogen-bond donors (Lipinski definition) is 1. The number of alkyl carbamates (subject to hydrolysis) is 1. The van der Waals surface area contributed by atoms with E-state index in [1.54, 1.807) is 74.4 Å². The topological polar surface area (TPSA) is 90.9 Å². The molecule has 0 aliphatic carbocycles. The lowest BCUT2D eigenvalue weighted by Crippen LogP contribution is -2.40. The van der Waals surface area contributed by atoms with Crippen molar-refractivity contribution in [2.75, 3.05) is 0 Å². The van der Waals surface area contributed by atoms with E-state index in [1.165, 1.54) is 12.1 Å². The number of esters is 2. The van der Waals surface area contributed by atoms with Crippen LogP contribution in [0.4, 0.5) is 4.79 Å². The molecule has 0 saturated carbocycles. The zero-order valence-corrected chi connectivity index (χ0v) is 18.8. The summed E-state index contributed by atoms with van der Waals surface area (Å²) in [6.07, 6.45) is -0.746. The summed E-state index contributed by atoms with van der Waals surface area (Å²) in [5.74, 6) is -1.11. The van der Waals surface area contributed by atoms with Gasteiger partial charge in [-0.3, -0.25) is 0 Å². The number of carbonyl (C=O) groups excluding carboxylic acids is 3. The molecular formula is C22H33NO6. The van der Waals surface area contributed by atoms with Gasteiger partial charge < -0.3 is 19.5 Å². The van der Waals surface area contributed by atoms with E-state index in [0.717, 1.165) is 0 Å². The van der Waals surface area contributed by atoms with E-state index >= 15 is 0 Å². The summed E-state index contributed by atoms with van der Waals surface area (Å²) in [4.78, 5) is 37.1. The Kier molecular flexibility index (Phi) is 7.46. The van der Waals surface area contributed by atoms with Crippen molar-refractivity contribution in [2.24, 2.45) is 0 Å². The maximum Gasteiger partial charge on any atom is 0.408 e. The Hall–Kier alpha value is -2.57. The molecule has 0 bridgehead atoms. The highest BCUT2D eigenvalue weighted by Crippen LogP contribution is 2.21. The molecule has 162 valence electrons. The molecule has 0 heterocycles. The number of carbonyl (C=O) groups is 3. The monoisotopic (exact) mass is 407 g/mol. The highest BCUT2D eigenvalue weighted by atomic mass is 16.6. The Labute approximate surface area is 173 Å². The molecule has 7 nitrogen and oxygen atoms in total. The number of amides is 1. The first-order chi connectivity index (χ1) is 13.0. The second-order valence-electron chi connectivity index (χ2n) is 9.74. The van der Waals surface area contributed by atoms with Gasteiger partial charge >= 0.3 is 18.0 Å². The van der Waals surface area contributed by atoms with Crippen molar-refractivity contribution in [2.45, 2.75) is 85.2 Å². The van der Waals surface area contributed by atoms with Crippen LogP contribution in [0.3, 0.4) is 0 Å². The fraction of sp³-hybridized carbons (Fsp3) is 0.591. The highest BCUT2D eigenvalue weighted by molar-refractivity contribution is 5.90. The smallest absolute Gasteiger partial charge is 0.408 e. The third-order valence-corrected chi connectivity index (χ3v) is 3.18. The summed E-state index contributed by atoms with van der Waals surface area (Å²) < 4.78 is 16.0. The Balaban J connectivity index is 3.10. The molecule has 0 radical (unpaired) electrons. The molecule has 1 rings (SSSR count). The lowest BCUT2D eigenvalue weighted by molar-refractivity contribution is -0.157. The molecular weight excluding hydrogens is 374 g/mol. The number of nitrogens with one attached hydrogen (secondary N) is 1. The minimum absolute atomic E-state index is 0.337. The standard InChI is InChI=1S/C22H33NO6/c1-20(2,3)27-17(24)15-12-10-14(11-13-15)16(18(25)28-21(4,5)6)23-19(26)29-22(7,8)9/h10-13,16H,1-9H3,(H,23,26). The van der Waals surface area contributed by atoms with E-state index in [4.69, 9.17) is 14.2 Å². The average molecular weight is 408 g/mol. The largest absolute Gasteiger partial charge is 0.458 e. The van der Waals surface area contributed by atoms with E-state index in [2.05, 4.69) is 5.32 Å². The molecule has 0 spiro atoms. The van der Waals surface area contributed by atoms with Gasteiger partial charge in [0.05, 0.1) is 5.56 Å². The summed E-state index contributed by atoms with van der Waals surface area (Å²) in [5, 5.41) is 2.55. The van der Waals surface area contributed by atoms with Crippen molar-refractivity contribution in [3.8, 4) is 0 Å². The van der Waals surface area contributed by atoms with Crippen LogP contribution < -0.4 is 5.32 Å². The Morgan fingerprint density at radius 1 is 0.724 bits per heavy atom. The maximum atomic E-state index is 12.7. The van der Waals surface area contributed by atoms with Crippen molar-refractivity contribution in [3.05, 3.63) is 35.4 Å². The SMILES string of the molecule is CC(C)(C)OC(=O)NC(C(=O)OC(C)(C)C)c1ccc(C(=O)OC(C)(C)C)cc1. The Morgan fingerprint density at radius 2 is 1.17 bits per heavy atom. The predicted molar refractivity (Wildman–Crippen MR) is 110 cm³/mol. The number of hydrogen-bond acceptors (Lipinski definition) is 6. The first-order valence-corrected chi connectivity index (χ1v) is 9.52. The van der Waals surface area contributed by atoms with Crippen molar-refractivity contribution >= 4 is 18.0 Å². The van der Waals surface area contributed by atoms with Crippen LogP contribution in [0.15, 0.2) is 24.3 Å². The number of rotatable bonds is 4. The fourth-order valence-corrected chi connectivity index (χ4v) is 2.21. The quantitative estimate of drug-likeness (QED) is 0.582. The average Bonchev–Trinajstić information content (AvgIpc) is 2.47. The molecule has 1 atom stereocenters. The van der Waals surface area contributed by atoms with Gasteiger partial charge in [0.1, 0.15) is 16.8 Å². The van der Waals surface area contributed by atoms with Crippen LogP contribution >= 0.6 is 0 Å². The molecule has 1 N–H and O–H groups in total. The first kappa shape index (κ1) is 24.5. The van der Waals surface area contributed by atoms with Gasteiger partial charge in [-0.1, -0.05) is 12.1 Å². The minimum Gasteiger partial charge on any atom is -0.458 e. The van der Waals surface area contributed by atoms with Gasteiger partial charge in [-0.05, 0) is 80.0 Å². The van der Waals surface area contributed by atoms with Crippen molar-refractivity contribution < 1.29 is 28.6 Å². The van der Waals surface area contributed by atoms with E-state index in [-0.39, 0.29) is 0 Å². The molecule has 1 amide bonds. The van der Waals surface area contributed by atoms with Gasteiger partial charge in [0, 0.05) is 0 Å². The molecule has 29 heavy (non-hydrogen) atoms. The molecule has 0 aliphatic heterocycles. The highest BCUT2D eigenvalue weighted by Gasteiger charge is 2.30. The molecule has 1 unspecified atom stereocenters. The normalized spacial score (nSPS) is 13.3. The second kappa shape index (κ2) is 8.84. The van der Waals surface area contributed by atoms with Crippen LogP contribution in [0.25, 0.3) is 0 Å². The zero-order valence-electron chi connectivity index (χ0n) is 18.8. The molecule has 0 aliphatic rings. The first-order valence-electron chi connectivity index (χ1n) is 9.52. The molecule has 0 fully saturated rings. The van der Waals surface area contributed by atoms with Crippen molar-refractivity contribution in [3.63, 3.8) is 0 Å². The van der Waals surface area contributed by atoms with E-state index < -0.39 is 40.9 Å². The van der Waals surface area contributed by atoms with Gasteiger partial charge in [0.2, 0.25) is 0 Å². The molecule has 0 aromatic heterocycles. The zero-order chi connectivity index (χ0) is 22.6. The van der Waals surface area contributed by atoms with Crippen molar-refractivity contribution in [1.29, 1.82) is 0 Å². The van der Waals surface area contributed by atoms with Crippen LogP contribution in [0.1, 0.15) is 84.3 Å². The van der Waals surface area contributed by atoms with E-state index in [9.17, 15) is 14.4 Å². The van der Waals surface area contributed by atoms with Crippen LogP contribution in [0.2, 0.25) is 0 Å². The summed E-state index contributed by atoms with van der Waals surface area (Å²) in [5.41, 5.74) is -1.28. The third-order valence-electron chi connectivity index (χ3n) is 3.18. The fourth-order valence-electron chi connectivity index (χ4n) is 2.21. The Morgan fingerprint density at radius 3 is 1.59 bits per heavy atom. The molecule has 7 heteroatoms. The van der Waals surface area contributed by atoms with Crippen LogP contribution in [0, 0.1) is 0 Å². The van der Waals surface area contributed by atoms with Gasteiger partial charge in [0.15, 0.2) is 6.04 Å². The van der Waals surface area contributed by atoms with Crippen molar-refractivity contribution in [1.82, 2.24) is 5.32 Å². The van der Waals surface area contributed by atoms with Crippen LogP contribution in [0.5, 0.6) is 0 Å². The van der Waals surface area contributed by atoms with E-state index in [0.29, 0.717) is 11.1 Å². The van der Waals surface area contributed by atoms with Gasteiger partial charge in [-0.25, -0.2) is 14.4 Å². The summed E-state index contributed by atoms with van der Waals surface area (Å²) in [7, 11) is 0. The summed E-state index contributed by atoms with van der Waals surface area (Å²) >= 11 is 0. The summed E-state index contributed by atoms with van der Waals surface area (Å²) in [6, 6.07) is 5.14. The third kappa shape index (κ3) is 9.45. The number of ether oxygens (including phenoxy) is 3. The van der Waals surface area contributed by atoms with Gasteiger partial charge in [-0.15, -0.1) is 0 Å². The van der Waals surface area contributed by atoms with Crippen LogP contribution in [-0.2, 0) is 19.0 Å². The molecule has 1 aromatic carbocycles. The van der Waals surface area contributed by atoms with Gasteiger partial charge in [-0.2, -0.15) is 0 Å². The lowest BCUT2D eigenvalue weighted by atomic mass is 10.0. The van der Waals surface area contributed by atoms with E-state index in [1.807, 2.05) is 0 Å². The predicted octanol–water partition coefficient (Wildman–Crippen LogP) is 4.55. The molecule has 1 aromatic rings. The molecule has 0 saturated heterocycles. The Bertz CT molecular complexity index is 733. The number of benzene rings is 1. The van der Waals surface area contributed by atoms with Gasteiger partial charge in [0.25, 0.3) is 0 Å². The van der Waals surface area contributed by atoms with Crippen LogP contribution in [-0.4, -0.2) is 34.8 Å². The lowest BCUT2D eigenvalue weighted by Gasteiger charge is -2.26. The summed E-state index contributed by atoms with van der Waals surface area (Å²) in [6.45, 7) is 15.7.